The van der Waals surface area contributed by atoms with Crippen molar-refractivity contribution in [3.8, 4) is 0 Å². The van der Waals surface area contributed by atoms with Gasteiger partial charge in [0, 0.05) is 19.0 Å². The third-order valence-electron chi connectivity index (χ3n) is 2.89. The molecule has 1 saturated carbocycles. The second-order valence-corrected chi connectivity index (χ2v) is 5.46. The van der Waals surface area contributed by atoms with Crippen molar-refractivity contribution in [2.45, 2.75) is 38.4 Å². The van der Waals surface area contributed by atoms with Gasteiger partial charge in [-0.25, -0.2) is 0 Å². The van der Waals surface area contributed by atoms with Crippen molar-refractivity contribution in [2.75, 3.05) is 19.0 Å². The number of carbonyl (C=O) groups is 1. The molecule has 0 aromatic heterocycles. The molecule has 0 aromatic rings. The number of alkyl halides is 1. The molecule has 0 spiro atoms. The van der Waals surface area contributed by atoms with E-state index >= 15 is 0 Å². The predicted molar refractivity (Wildman–Crippen MR) is 59.0 cm³/mol. The first-order valence-electron chi connectivity index (χ1n) is 5.54. The molecule has 0 N–H and O–H groups in total. The van der Waals surface area contributed by atoms with E-state index in [1.54, 1.807) is 0 Å². The van der Waals surface area contributed by atoms with Crippen LogP contribution >= 0.6 is 11.6 Å². The van der Waals surface area contributed by atoms with E-state index < -0.39 is 0 Å². The number of carbonyl (C=O) groups excluding carboxylic acids is 1. The highest BCUT2D eigenvalue weighted by Gasteiger charge is 2.40. The van der Waals surface area contributed by atoms with Crippen LogP contribution in [0.1, 0.15) is 26.7 Å². The van der Waals surface area contributed by atoms with Gasteiger partial charge in [0.25, 0.3) is 0 Å². The third kappa shape index (κ3) is 2.64. The number of halogens is 1. The average Bonchev–Trinajstić information content (AvgIpc) is 2.97. The molecule has 4 heteroatoms. The SMILES string of the molecule is CC1(C)CN(C(=O)C2CC2)CC(CCl)O1. The van der Waals surface area contributed by atoms with Gasteiger partial charge >= 0.3 is 0 Å². The maximum absolute atomic E-state index is 11.9. The first kappa shape index (κ1) is 11.2. The number of morpholine rings is 1. The van der Waals surface area contributed by atoms with E-state index in [1.807, 2.05) is 18.7 Å². The summed E-state index contributed by atoms with van der Waals surface area (Å²) in [5.41, 5.74) is -0.262. The van der Waals surface area contributed by atoms with Gasteiger partial charge in [-0.1, -0.05) is 0 Å². The number of nitrogens with zero attached hydrogens (tertiary/aromatic N) is 1. The maximum Gasteiger partial charge on any atom is 0.225 e. The van der Waals surface area contributed by atoms with Gasteiger partial charge < -0.3 is 9.64 Å². The average molecular weight is 232 g/mol. The van der Waals surface area contributed by atoms with Crippen molar-refractivity contribution in [1.82, 2.24) is 4.90 Å². The second-order valence-electron chi connectivity index (χ2n) is 5.15. The Morgan fingerprint density at radius 2 is 2.20 bits per heavy atom. The molecule has 15 heavy (non-hydrogen) atoms. The van der Waals surface area contributed by atoms with Crippen LogP contribution in [0.25, 0.3) is 0 Å². The molecule has 1 unspecified atom stereocenters. The molecule has 1 saturated heterocycles. The molecule has 86 valence electrons. The molecule has 1 heterocycles. The van der Waals surface area contributed by atoms with E-state index in [0.29, 0.717) is 24.9 Å². The predicted octanol–water partition coefficient (Wildman–Crippen LogP) is 1.64. The highest BCUT2D eigenvalue weighted by molar-refractivity contribution is 6.18. The minimum atomic E-state index is -0.262. The fraction of sp³-hybridized carbons (Fsp3) is 0.909. The zero-order chi connectivity index (χ0) is 11.1. The van der Waals surface area contributed by atoms with Gasteiger partial charge in [0.05, 0.1) is 17.6 Å². The topological polar surface area (TPSA) is 29.5 Å². The van der Waals surface area contributed by atoms with Crippen LogP contribution in [0.15, 0.2) is 0 Å². The number of hydrogen-bond donors (Lipinski definition) is 0. The van der Waals surface area contributed by atoms with Crippen LogP contribution in [0, 0.1) is 5.92 Å². The molecular weight excluding hydrogens is 214 g/mol. The molecule has 3 nitrogen and oxygen atoms in total. The number of rotatable bonds is 2. The lowest BCUT2D eigenvalue weighted by atomic mass is 10.1. The lowest BCUT2D eigenvalue weighted by molar-refractivity contribution is -0.158. The Morgan fingerprint density at radius 3 is 2.73 bits per heavy atom. The lowest BCUT2D eigenvalue weighted by Gasteiger charge is -2.42. The highest BCUT2D eigenvalue weighted by atomic mass is 35.5. The summed E-state index contributed by atoms with van der Waals surface area (Å²) in [4.78, 5) is 13.9. The summed E-state index contributed by atoms with van der Waals surface area (Å²) in [6.45, 7) is 5.37. The highest BCUT2D eigenvalue weighted by Crippen LogP contribution is 2.33. The van der Waals surface area contributed by atoms with Crippen LogP contribution in [-0.2, 0) is 9.53 Å². The van der Waals surface area contributed by atoms with Gasteiger partial charge in [-0.3, -0.25) is 4.79 Å². The van der Waals surface area contributed by atoms with Gasteiger partial charge in [-0.15, -0.1) is 11.6 Å². The minimum Gasteiger partial charge on any atom is -0.367 e. The van der Waals surface area contributed by atoms with Gasteiger partial charge in [0.2, 0.25) is 5.91 Å². The first-order chi connectivity index (χ1) is 7.02. The number of ether oxygens (including phenoxy) is 1. The molecule has 1 aliphatic heterocycles. The summed E-state index contributed by atoms with van der Waals surface area (Å²) < 4.78 is 5.78. The van der Waals surface area contributed by atoms with Crippen LogP contribution < -0.4 is 0 Å². The molecule has 0 radical (unpaired) electrons. The standard InChI is InChI=1S/C11H18ClNO2/c1-11(2)7-13(6-9(5-12)15-11)10(14)8-3-4-8/h8-9H,3-7H2,1-2H3. The van der Waals surface area contributed by atoms with E-state index in [1.165, 1.54) is 0 Å². The number of amides is 1. The summed E-state index contributed by atoms with van der Waals surface area (Å²) in [5, 5.41) is 0. The lowest BCUT2D eigenvalue weighted by Crippen LogP contribution is -2.55. The van der Waals surface area contributed by atoms with Crippen molar-refractivity contribution in [1.29, 1.82) is 0 Å². The Labute approximate surface area is 95.7 Å². The summed E-state index contributed by atoms with van der Waals surface area (Å²) in [5.74, 6) is 1.04. The molecule has 1 aliphatic carbocycles. The number of hydrogen-bond acceptors (Lipinski definition) is 2. The fourth-order valence-corrected chi connectivity index (χ4v) is 2.29. The van der Waals surface area contributed by atoms with Crippen LogP contribution in [-0.4, -0.2) is 41.5 Å². The summed E-state index contributed by atoms with van der Waals surface area (Å²) in [6.07, 6.45) is 2.10. The smallest absolute Gasteiger partial charge is 0.225 e. The summed E-state index contributed by atoms with van der Waals surface area (Å²) in [6, 6.07) is 0. The normalized spacial score (nSPS) is 30.3. The van der Waals surface area contributed by atoms with Gasteiger partial charge in [-0.05, 0) is 26.7 Å². The Morgan fingerprint density at radius 1 is 1.53 bits per heavy atom. The minimum absolute atomic E-state index is 0.0156. The Balaban J connectivity index is 2.01. The van der Waals surface area contributed by atoms with E-state index in [0.717, 1.165) is 12.8 Å². The summed E-state index contributed by atoms with van der Waals surface area (Å²) in [7, 11) is 0. The van der Waals surface area contributed by atoms with Crippen molar-refractivity contribution in [3.05, 3.63) is 0 Å². The first-order valence-corrected chi connectivity index (χ1v) is 6.08. The van der Waals surface area contributed by atoms with Crippen LogP contribution in [0.5, 0.6) is 0 Å². The van der Waals surface area contributed by atoms with Crippen molar-refractivity contribution < 1.29 is 9.53 Å². The van der Waals surface area contributed by atoms with E-state index in [4.69, 9.17) is 16.3 Å². The summed E-state index contributed by atoms with van der Waals surface area (Å²) >= 11 is 5.81. The van der Waals surface area contributed by atoms with Gasteiger partial charge in [-0.2, -0.15) is 0 Å². The third-order valence-corrected chi connectivity index (χ3v) is 3.24. The van der Waals surface area contributed by atoms with Crippen LogP contribution in [0.4, 0.5) is 0 Å². The molecular formula is C11H18ClNO2. The Bertz CT molecular complexity index is 263. The maximum atomic E-state index is 11.9. The van der Waals surface area contributed by atoms with Gasteiger partial charge in [0.15, 0.2) is 0 Å². The van der Waals surface area contributed by atoms with Crippen molar-refractivity contribution >= 4 is 17.5 Å². The molecule has 1 amide bonds. The molecule has 2 aliphatic rings. The Hall–Kier alpha value is -0.280. The van der Waals surface area contributed by atoms with E-state index in [2.05, 4.69) is 0 Å². The molecule has 0 aromatic carbocycles. The molecule has 2 fully saturated rings. The quantitative estimate of drug-likeness (QED) is 0.677. The monoisotopic (exact) mass is 231 g/mol. The molecule has 1 atom stereocenters. The second kappa shape index (κ2) is 3.95. The van der Waals surface area contributed by atoms with Crippen molar-refractivity contribution in [2.24, 2.45) is 5.92 Å². The van der Waals surface area contributed by atoms with Crippen LogP contribution in [0.2, 0.25) is 0 Å². The zero-order valence-electron chi connectivity index (χ0n) is 9.33. The Kier molecular flexibility index (Phi) is 2.95. The van der Waals surface area contributed by atoms with Gasteiger partial charge in [0.1, 0.15) is 0 Å². The van der Waals surface area contributed by atoms with Crippen molar-refractivity contribution in [3.63, 3.8) is 0 Å². The molecule has 0 bridgehead atoms. The fourth-order valence-electron chi connectivity index (χ4n) is 2.13. The van der Waals surface area contributed by atoms with E-state index in [9.17, 15) is 4.79 Å². The zero-order valence-corrected chi connectivity index (χ0v) is 10.1. The van der Waals surface area contributed by atoms with E-state index in [-0.39, 0.29) is 17.6 Å². The molecule has 2 rings (SSSR count). The van der Waals surface area contributed by atoms with Crippen LogP contribution in [0.3, 0.4) is 0 Å². The largest absolute Gasteiger partial charge is 0.367 e.